The van der Waals surface area contributed by atoms with Crippen molar-refractivity contribution in [3.63, 3.8) is 0 Å². The third-order valence-electron chi connectivity index (χ3n) is 6.23. The summed E-state index contributed by atoms with van der Waals surface area (Å²) in [6, 6.07) is 9.33. The molecule has 3 heterocycles. The number of amides is 1. The van der Waals surface area contributed by atoms with Crippen molar-refractivity contribution in [2.75, 3.05) is 7.11 Å². The number of rotatable bonds is 12. The number of carbonyl (C=O) groups is 2. The van der Waals surface area contributed by atoms with Gasteiger partial charge in [-0.25, -0.2) is 15.0 Å². The first-order valence-electron chi connectivity index (χ1n) is 12.6. The Hall–Kier alpha value is -3.59. The third kappa shape index (κ3) is 6.40. The van der Waals surface area contributed by atoms with Crippen LogP contribution in [0.5, 0.6) is 5.88 Å². The van der Waals surface area contributed by atoms with Gasteiger partial charge in [-0.3, -0.25) is 9.59 Å². The summed E-state index contributed by atoms with van der Waals surface area (Å²) in [5.74, 6) is 1.46. The van der Waals surface area contributed by atoms with Gasteiger partial charge in [-0.15, -0.1) is 11.3 Å². The van der Waals surface area contributed by atoms with E-state index in [0.717, 1.165) is 35.2 Å². The number of ether oxygens (including phenoxy) is 1. The largest absolute Gasteiger partial charge is 0.480 e. The van der Waals surface area contributed by atoms with Gasteiger partial charge in [0.05, 0.1) is 35.1 Å². The third-order valence-corrected chi connectivity index (χ3v) is 7.30. The Morgan fingerprint density at radius 3 is 2.68 bits per heavy atom. The molecule has 0 saturated heterocycles. The second kappa shape index (κ2) is 12.1. The van der Waals surface area contributed by atoms with Crippen molar-refractivity contribution in [1.82, 2.24) is 20.3 Å². The summed E-state index contributed by atoms with van der Waals surface area (Å²) in [7, 11) is 1.57. The maximum absolute atomic E-state index is 13.1. The molecule has 4 aromatic rings. The second-order valence-electron chi connectivity index (χ2n) is 8.97. The number of nitrogens with zero attached hydrogens (tertiary/aromatic N) is 3. The lowest BCUT2D eigenvalue weighted by Gasteiger charge is -2.15. The molecule has 8 nitrogen and oxygen atoms in total. The number of para-hydroxylation sites is 1. The van der Waals surface area contributed by atoms with Crippen molar-refractivity contribution in [1.29, 1.82) is 0 Å². The van der Waals surface area contributed by atoms with Crippen LogP contribution in [0.1, 0.15) is 77.8 Å². The van der Waals surface area contributed by atoms with E-state index in [0.29, 0.717) is 52.9 Å². The van der Waals surface area contributed by atoms with Crippen molar-refractivity contribution >= 4 is 33.9 Å². The summed E-state index contributed by atoms with van der Waals surface area (Å²) in [5.41, 5.74) is 2.22. The molecule has 4 rings (SSSR count). The number of ketones is 1. The van der Waals surface area contributed by atoms with Crippen LogP contribution in [-0.4, -0.2) is 33.8 Å². The van der Waals surface area contributed by atoms with Gasteiger partial charge in [0, 0.05) is 18.2 Å². The fraction of sp³-hybridized carbons (Fsp3) is 0.393. The lowest BCUT2D eigenvalue weighted by Crippen LogP contribution is -2.28. The maximum atomic E-state index is 13.1. The molecule has 9 heteroatoms. The summed E-state index contributed by atoms with van der Waals surface area (Å²) in [6.07, 6.45) is 5.97. The standard InChI is InChI=1S/C28H32N4O4S/c1-5-20(33)12-7-6-8-14-23(31-26(34)25-17(2)30-18(3)37-25)28-29-16-24(36-28)21-15-19-11-9-10-13-22(19)32-27(21)35-4/h9-11,13,15-16,23H,5-8,12,14H2,1-4H3,(H,31,34). The van der Waals surface area contributed by atoms with Gasteiger partial charge in [0.1, 0.15) is 16.7 Å². The average Bonchev–Trinajstić information content (AvgIpc) is 3.52. The molecule has 0 aliphatic carbocycles. The van der Waals surface area contributed by atoms with E-state index in [4.69, 9.17) is 9.15 Å². The molecular formula is C28H32N4O4S. The van der Waals surface area contributed by atoms with Crippen LogP contribution in [0.15, 0.2) is 40.9 Å². The van der Waals surface area contributed by atoms with E-state index in [9.17, 15) is 9.59 Å². The Bertz CT molecular complexity index is 1390. The smallest absolute Gasteiger partial charge is 0.263 e. The molecule has 0 saturated carbocycles. The Morgan fingerprint density at radius 1 is 1.14 bits per heavy atom. The van der Waals surface area contributed by atoms with E-state index < -0.39 is 6.04 Å². The predicted octanol–water partition coefficient (Wildman–Crippen LogP) is 6.37. The first-order chi connectivity index (χ1) is 17.9. The zero-order chi connectivity index (χ0) is 26.4. The molecule has 194 valence electrons. The number of hydrogen-bond acceptors (Lipinski definition) is 8. The highest BCUT2D eigenvalue weighted by atomic mass is 32.1. The highest BCUT2D eigenvalue weighted by Gasteiger charge is 2.24. The first-order valence-corrected chi connectivity index (χ1v) is 13.4. The van der Waals surface area contributed by atoms with E-state index in [-0.39, 0.29) is 11.7 Å². The number of fused-ring (bicyclic) bond motifs is 1. The van der Waals surface area contributed by atoms with Gasteiger partial charge < -0.3 is 14.5 Å². The van der Waals surface area contributed by atoms with Crippen molar-refractivity contribution < 1.29 is 18.7 Å². The van der Waals surface area contributed by atoms with Crippen molar-refractivity contribution in [2.45, 2.75) is 65.3 Å². The minimum atomic E-state index is -0.427. The summed E-state index contributed by atoms with van der Waals surface area (Å²) >= 11 is 1.37. The van der Waals surface area contributed by atoms with Crippen LogP contribution in [-0.2, 0) is 4.79 Å². The number of aromatic nitrogens is 3. The van der Waals surface area contributed by atoms with E-state index in [1.165, 1.54) is 11.3 Å². The molecule has 0 aliphatic rings. The molecule has 0 fully saturated rings. The quantitative estimate of drug-likeness (QED) is 0.216. The Kier molecular flexibility index (Phi) is 8.66. The second-order valence-corrected chi connectivity index (χ2v) is 10.2. The van der Waals surface area contributed by atoms with Gasteiger partial charge in [-0.05, 0) is 38.8 Å². The van der Waals surface area contributed by atoms with Gasteiger partial charge >= 0.3 is 0 Å². The molecular weight excluding hydrogens is 488 g/mol. The minimum absolute atomic E-state index is 0.195. The fourth-order valence-corrected chi connectivity index (χ4v) is 5.07. The van der Waals surface area contributed by atoms with Crippen LogP contribution >= 0.6 is 11.3 Å². The van der Waals surface area contributed by atoms with Crippen LogP contribution in [0.25, 0.3) is 22.2 Å². The van der Waals surface area contributed by atoms with Gasteiger partial charge in [0.2, 0.25) is 11.8 Å². The Morgan fingerprint density at radius 2 is 1.95 bits per heavy atom. The van der Waals surface area contributed by atoms with Crippen LogP contribution < -0.4 is 10.1 Å². The number of aryl methyl sites for hydroxylation is 2. The van der Waals surface area contributed by atoms with E-state index >= 15 is 0 Å². The molecule has 1 amide bonds. The number of oxazole rings is 1. The Balaban J connectivity index is 1.57. The van der Waals surface area contributed by atoms with Crippen LogP contribution in [0.3, 0.4) is 0 Å². The number of nitrogens with one attached hydrogen (secondary N) is 1. The molecule has 3 aromatic heterocycles. The summed E-state index contributed by atoms with van der Waals surface area (Å²) in [6.45, 7) is 5.60. The molecule has 0 spiro atoms. The monoisotopic (exact) mass is 520 g/mol. The number of thiazole rings is 1. The zero-order valence-corrected chi connectivity index (χ0v) is 22.5. The van der Waals surface area contributed by atoms with E-state index in [2.05, 4.69) is 20.3 Å². The molecule has 0 bridgehead atoms. The summed E-state index contributed by atoms with van der Waals surface area (Å²) < 4.78 is 11.7. The summed E-state index contributed by atoms with van der Waals surface area (Å²) in [5, 5.41) is 4.90. The Labute approximate surface area is 220 Å². The lowest BCUT2D eigenvalue weighted by molar-refractivity contribution is -0.118. The van der Waals surface area contributed by atoms with Gasteiger partial charge in [-0.2, -0.15) is 0 Å². The molecule has 0 aliphatic heterocycles. The SMILES string of the molecule is CCC(=O)CCCCCC(NC(=O)c1sc(C)nc1C)c1ncc(-c2cc3ccccc3nc2OC)o1. The summed E-state index contributed by atoms with van der Waals surface area (Å²) in [4.78, 5) is 38.9. The molecule has 1 aromatic carbocycles. The van der Waals surface area contributed by atoms with Crippen LogP contribution in [0.4, 0.5) is 0 Å². The van der Waals surface area contributed by atoms with Crippen molar-refractivity contribution in [3.05, 3.63) is 58.0 Å². The number of unbranched alkanes of at least 4 members (excludes halogenated alkanes) is 2. The first kappa shape index (κ1) is 26.5. The number of carbonyl (C=O) groups excluding carboxylic acids is 2. The van der Waals surface area contributed by atoms with Gasteiger partial charge in [-0.1, -0.05) is 38.0 Å². The predicted molar refractivity (Wildman–Crippen MR) is 144 cm³/mol. The van der Waals surface area contributed by atoms with Crippen molar-refractivity contribution in [3.8, 4) is 17.2 Å². The molecule has 0 radical (unpaired) electrons. The van der Waals surface area contributed by atoms with Crippen LogP contribution in [0, 0.1) is 13.8 Å². The topological polar surface area (TPSA) is 107 Å². The zero-order valence-electron chi connectivity index (χ0n) is 21.7. The van der Waals surface area contributed by atoms with Crippen molar-refractivity contribution in [2.24, 2.45) is 0 Å². The highest BCUT2D eigenvalue weighted by molar-refractivity contribution is 7.13. The van der Waals surface area contributed by atoms with E-state index in [1.54, 1.807) is 13.3 Å². The molecule has 1 atom stereocenters. The maximum Gasteiger partial charge on any atom is 0.263 e. The molecule has 37 heavy (non-hydrogen) atoms. The lowest BCUT2D eigenvalue weighted by atomic mass is 10.0. The van der Waals surface area contributed by atoms with Gasteiger partial charge in [0.15, 0.2) is 5.76 Å². The fourth-order valence-electron chi connectivity index (χ4n) is 4.25. The normalized spacial score (nSPS) is 12.0. The number of hydrogen-bond donors (Lipinski definition) is 1. The molecule has 1 unspecified atom stereocenters. The number of Topliss-reactive ketones (excluding diaryl/α,β-unsaturated/α-hetero) is 1. The highest BCUT2D eigenvalue weighted by Crippen LogP contribution is 2.34. The van der Waals surface area contributed by atoms with Crippen LogP contribution in [0.2, 0.25) is 0 Å². The number of benzene rings is 1. The molecule has 1 N–H and O–H groups in total. The number of pyridine rings is 1. The average molecular weight is 521 g/mol. The van der Waals surface area contributed by atoms with Gasteiger partial charge in [0.25, 0.3) is 5.91 Å². The number of methoxy groups -OCH3 is 1. The minimum Gasteiger partial charge on any atom is -0.480 e. The van der Waals surface area contributed by atoms with E-state index in [1.807, 2.05) is 51.1 Å².